The van der Waals surface area contributed by atoms with Gasteiger partial charge in [0.05, 0.1) is 11.3 Å². The first kappa shape index (κ1) is 8.21. The van der Waals surface area contributed by atoms with Crippen LogP contribution in [0, 0.1) is 13.3 Å². The summed E-state index contributed by atoms with van der Waals surface area (Å²) in [5.41, 5.74) is 2.30. The third-order valence-electron chi connectivity index (χ3n) is 1.39. The minimum atomic E-state index is 0.470. The summed E-state index contributed by atoms with van der Waals surface area (Å²) in [7, 11) is 0. The summed E-state index contributed by atoms with van der Waals surface area (Å²) in [4.78, 5) is 0. The van der Waals surface area contributed by atoms with Gasteiger partial charge in [-0.1, -0.05) is 29.8 Å². The molecule has 0 heterocycles. The van der Waals surface area contributed by atoms with Gasteiger partial charge in [0.2, 0.25) is 0 Å². The highest BCUT2D eigenvalue weighted by Crippen LogP contribution is 2.03. The van der Waals surface area contributed by atoms with E-state index in [4.69, 9.17) is 0 Å². The maximum atomic E-state index is 10.00. The molecule has 0 fully saturated rings. The normalized spacial score (nSPS) is 9.18. The molecule has 1 rings (SSSR count). The van der Waals surface area contributed by atoms with Gasteiger partial charge in [-0.15, -0.1) is 0 Å². The molecule has 2 heteroatoms. The van der Waals surface area contributed by atoms with E-state index in [-0.39, 0.29) is 0 Å². The van der Waals surface area contributed by atoms with Crippen LogP contribution in [0.5, 0.6) is 0 Å². The zero-order valence-corrected chi connectivity index (χ0v) is 7.10. The highest BCUT2D eigenvalue weighted by atomic mass is 32.1. The van der Waals surface area contributed by atoms with Gasteiger partial charge in [0, 0.05) is 11.8 Å². The van der Waals surface area contributed by atoms with E-state index in [0.717, 1.165) is 5.56 Å². The van der Waals surface area contributed by atoms with Crippen LogP contribution in [0.1, 0.15) is 11.1 Å². The maximum Gasteiger partial charge on any atom is 0.0847 e. The van der Waals surface area contributed by atoms with E-state index in [1.54, 1.807) is 6.42 Å². The SMILES string of the molecule is Cc1ccc([CH]C=S=O)cc1. The molecule has 1 radical (unpaired) electrons. The van der Waals surface area contributed by atoms with E-state index >= 15 is 0 Å². The monoisotopic (exact) mass is 165 g/mol. The number of aryl methyl sites for hydroxylation is 1. The number of rotatable bonds is 2. The lowest BCUT2D eigenvalue weighted by Crippen LogP contribution is -1.81. The van der Waals surface area contributed by atoms with Crippen molar-refractivity contribution in [2.24, 2.45) is 0 Å². The number of hydrogen-bond donors (Lipinski definition) is 0. The van der Waals surface area contributed by atoms with Crippen molar-refractivity contribution in [1.82, 2.24) is 0 Å². The van der Waals surface area contributed by atoms with E-state index in [2.05, 4.69) is 0 Å². The van der Waals surface area contributed by atoms with Gasteiger partial charge in [0.15, 0.2) is 0 Å². The lowest BCUT2D eigenvalue weighted by Gasteiger charge is -1.94. The Bertz CT molecular complexity index is 270. The Balaban J connectivity index is 2.73. The first-order valence-electron chi connectivity index (χ1n) is 3.35. The molecule has 0 aliphatic carbocycles. The van der Waals surface area contributed by atoms with Gasteiger partial charge in [0.25, 0.3) is 0 Å². The third-order valence-corrected chi connectivity index (χ3v) is 1.64. The topological polar surface area (TPSA) is 17.1 Å². The van der Waals surface area contributed by atoms with Gasteiger partial charge in [0.1, 0.15) is 0 Å². The van der Waals surface area contributed by atoms with E-state index in [9.17, 15) is 4.21 Å². The summed E-state index contributed by atoms with van der Waals surface area (Å²) in [6, 6.07) is 8.02. The molecule has 57 valence electrons. The second kappa shape index (κ2) is 4.09. The average molecular weight is 165 g/mol. The fourth-order valence-electron chi connectivity index (χ4n) is 0.784. The van der Waals surface area contributed by atoms with Crippen molar-refractivity contribution in [3.8, 4) is 0 Å². The quantitative estimate of drug-likeness (QED) is 0.608. The zero-order valence-electron chi connectivity index (χ0n) is 6.28. The molecular weight excluding hydrogens is 156 g/mol. The van der Waals surface area contributed by atoms with Crippen molar-refractivity contribution in [3.05, 3.63) is 41.8 Å². The van der Waals surface area contributed by atoms with Crippen LogP contribution in [0.15, 0.2) is 24.3 Å². The van der Waals surface area contributed by atoms with Gasteiger partial charge >= 0.3 is 0 Å². The fourth-order valence-corrected chi connectivity index (χ4v) is 0.997. The van der Waals surface area contributed by atoms with Gasteiger partial charge in [-0.25, -0.2) is 4.21 Å². The molecule has 0 bridgehead atoms. The Kier molecular flexibility index (Phi) is 3.05. The van der Waals surface area contributed by atoms with Crippen molar-refractivity contribution in [2.75, 3.05) is 0 Å². The van der Waals surface area contributed by atoms with E-state index in [1.165, 1.54) is 10.9 Å². The summed E-state index contributed by atoms with van der Waals surface area (Å²) in [6.07, 6.45) is 1.80. The lowest BCUT2D eigenvalue weighted by atomic mass is 10.1. The Hall–Kier alpha value is -0.890. The van der Waals surface area contributed by atoms with E-state index in [1.807, 2.05) is 31.2 Å². The van der Waals surface area contributed by atoms with Gasteiger partial charge in [-0.2, -0.15) is 0 Å². The van der Waals surface area contributed by atoms with Crippen LogP contribution in [-0.4, -0.2) is 9.58 Å². The first-order valence-corrected chi connectivity index (χ1v) is 4.15. The molecule has 0 saturated heterocycles. The Labute approximate surface area is 70.1 Å². The highest BCUT2D eigenvalue weighted by Gasteiger charge is 1.88. The van der Waals surface area contributed by atoms with Crippen molar-refractivity contribution in [3.63, 3.8) is 0 Å². The summed E-state index contributed by atoms with van der Waals surface area (Å²) >= 11 is 0.470. The third kappa shape index (κ3) is 2.68. The molecule has 0 saturated carbocycles. The summed E-state index contributed by atoms with van der Waals surface area (Å²) in [5, 5.41) is 1.53. The smallest absolute Gasteiger partial charge is 0.0847 e. The lowest BCUT2D eigenvalue weighted by molar-refractivity contribution is 0.701. The first-order chi connectivity index (χ1) is 5.33. The largest absolute Gasteiger partial charge is 0.213 e. The molecule has 11 heavy (non-hydrogen) atoms. The van der Waals surface area contributed by atoms with Crippen molar-refractivity contribution in [2.45, 2.75) is 6.92 Å². The van der Waals surface area contributed by atoms with Crippen LogP contribution in [0.3, 0.4) is 0 Å². The van der Waals surface area contributed by atoms with Crippen LogP contribution < -0.4 is 0 Å². The van der Waals surface area contributed by atoms with Gasteiger partial charge in [-0.3, -0.25) is 0 Å². The molecule has 0 aliphatic rings. The van der Waals surface area contributed by atoms with E-state index in [0.29, 0.717) is 11.3 Å². The number of hydrogen-bond acceptors (Lipinski definition) is 1. The molecule has 1 aromatic carbocycles. The molecule has 0 amide bonds. The van der Waals surface area contributed by atoms with Crippen LogP contribution in [0.2, 0.25) is 0 Å². The second-order valence-electron chi connectivity index (χ2n) is 2.31. The fraction of sp³-hybridized carbons (Fsp3) is 0.111. The molecule has 0 aromatic heterocycles. The van der Waals surface area contributed by atoms with Gasteiger partial charge < -0.3 is 0 Å². The molecule has 1 nitrogen and oxygen atoms in total. The summed E-state index contributed by atoms with van der Waals surface area (Å²) < 4.78 is 10.00. The van der Waals surface area contributed by atoms with Crippen LogP contribution >= 0.6 is 0 Å². The Morgan fingerprint density at radius 2 is 1.91 bits per heavy atom. The molecule has 0 spiro atoms. The second-order valence-corrected chi connectivity index (χ2v) is 2.77. The predicted molar refractivity (Wildman–Crippen MR) is 48.8 cm³/mol. The zero-order chi connectivity index (χ0) is 8.10. The number of benzene rings is 1. The van der Waals surface area contributed by atoms with Crippen LogP contribution in [0.4, 0.5) is 0 Å². The minimum Gasteiger partial charge on any atom is -0.213 e. The highest BCUT2D eigenvalue weighted by molar-refractivity contribution is 7.65. The Morgan fingerprint density at radius 3 is 2.45 bits per heavy atom. The van der Waals surface area contributed by atoms with Crippen molar-refractivity contribution in [1.29, 1.82) is 0 Å². The Morgan fingerprint density at radius 1 is 1.27 bits per heavy atom. The molecule has 0 N–H and O–H groups in total. The molecule has 0 aliphatic heterocycles. The molecule has 0 atom stereocenters. The molecular formula is C9H9OS. The molecule has 1 aromatic rings. The summed E-state index contributed by atoms with van der Waals surface area (Å²) in [5.74, 6) is 0. The standard InChI is InChI=1S/C9H9OS/c1-8-2-4-9(5-3-8)6-7-11-10/h2-7H,1H3. The van der Waals surface area contributed by atoms with Crippen molar-refractivity contribution >= 4 is 16.6 Å². The van der Waals surface area contributed by atoms with Crippen LogP contribution in [0.25, 0.3) is 0 Å². The minimum absolute atomic E-state index is 0.470. The predicted octanol–water partition coefficient (Wildman–Crippen LogP) is 1.56. The van der Waals surface area contributed by atoms with Crippen molar-refractivity contribution < 1.29 is 4.21 Å². The molecule has 0 unspecified atom stereocenters. The summed E-state index contributed by atoms with van der Waals surface area (Å²) in [6.45, 7) is 2.04. The van der Waals surface area contributed by atoms with Gasteiger partial charge in [-0.05, 0) is 12.5 Å². The maximum absolute atomic E-state index is 10.00. The average Bonchev–Trinajstić information content (AvgIpc) is 2.04. The van der Waals surface area contributed by atoms with Crippen LogP contribution in [-0.2, 0) is 11.3 Å². The van der Waals surface area contributed by atoms with E-state index < -0.39 is 0 Å².